The van der Waals surface area contributed by atoms with E-state index in [-0.39, 0.29) is 29.6 Å². The molecular formula is C22H24FN7O2. The van der Waals surface area contributed by atoms with E-state index in [9.17, 15) is 14.3 Å². The first-order valence-corrected chi connectivity index (χ1v) is 10.6. The standard InChI is InChI=1S/C22H24FN7O2/c1-29-11-25-21(26-22(29)32)12-3-5-14(17(31)9-12)15-7-8-18(28-27-15)30(2)20-13-4-6-16(19(20)23)24-10-13/h3,5,7-9,11,13,16,19-20,24,31H,4,6,10H2,1-2H3/t13-,16-,19-,20+/m1/s1. The predicted molar refractivity (Wildman–Crippen MR) is 117 cm³/mol. The zero-order valence-electron chi connectivity index (χ0n) is 17.8. The molecule has 9 nitrogen and oxygen atoms in total. The van der Waals surface area contributed by atoms with Gasteiger partial charge in [0.1, 0.15) is 18.2 Å². The molecule has 3 aromatic rings. The molecule has 2 bridgehead atoms. The molecule has 4 atom stereocenters. The second-order valence-corrected chi connectivity index (χ2v) is 8.48. The molecule has 0 unspecified atom stereocenters. The zero-order chi connectivity index (χ0) is 22.4. The monoisotopic (exact) mass is 437 g/mol. The summed E-state index contributed by atoms with van der Waals surface area (Å²) in [6, 6.07) is 8.13. The van der Waals surface area contributed by atoms with Gasteiger partial charge >= 0.3 is 5.69 Å². The maximum atomic E-state index is 14.9. The van der Waals surface area contributed by atoms with Crippen LogP contribution in [0.4, 0.5) is 10.2 Å². The predicted octanol–water partition coefficient (Wildman–Crippen LogP) is 1.53. The minimum absolute atomic E-state index is 0.0262. The highest BCUT2D eigenvalue weighted by atomic mass is 19.1. The van der Waals surface area contributed by atoms with Gasteiger partial charge in [0.15, 0.2) is 11.6 Å². The molecule has 1 saturated carbocycles. The summed E-state index contributed by atoms with van der Waals surface area (Å²) in [5.74, 6) is 1.05. The van der Waals surface area contributed by atoms with Gasteiger partial charge in [0, 0.05) is 37.8 Å². The molecule has 2 N–H and O–H groups in total. The van der Waals surface area contributed by atoms with Gasteiger partial charge in [0.2, 0.25) is 0 Å². The maximum absolute atomic E-state index is 14.9. The molecule has 3 aliphatic rings. The first-order chi connectivity index (χ1) is 15.4. The van der Waals surface area contributed by atoms with Crippen LogP contribution < -0.4 is 15.9 Å². The molecule has 32 heavy (non-hydrogen) atoms. The number of nitrogens with one attached hydrogen (secondary N) is 1. The molecule has 0 spiro atoms. The van der Waals surface area contributed by atoms with Crippen molar-refractivity contribution in [2.24, 2.45) is 13.0 Å². The maximum Gasteiger partial charge on any atom is 0.350 e. The number of phenols is 1. The molecule has 2 saturated heterocycles. The zero-order valence-corrected chi connectivity index (χ0v) is 17.8. The Morgan fingerprint density at radius 1 is 1.22 bits per heavy atom. The summed E-state index contributed by atoms with van der Waals surface area (Å²) in [7, 11) is 3.42. The number of phenolic OH excluding ortho intramolecular Hbond substituents is 1. The number of hydrogen-bond donors (Lipinski definition) is 2. The van der Waals surface area contributed by atoms with Crippen molar-refractivity contribution in [2.75, 3.05) is 18.5 Å². The Labute approximate surface area is 184 Å². The summed E-state index contributed by atoms with van der Waals surface area (Å²) in [6.07, 6.45) is 2.32. The van der Waals surface area contributed by atoms with E-state index in [4.69, 9.17) is 0 Å². The lowest BCUT2D eigenvalue weighted by molar-refractivity contribution is 0.0702. The van der Waals surface area contributed by atoms with E-state index in [1.807, 2.05) is 11.9 Å². The Bertz CT molecular complexity index is 1190. The Balaban J connectivity index is 1.38. The third-order valence-corrected chi connectivity index (χ3v) is 6.53. The van der Waals surface area contributed by atoms with Gasteiger partial charge in [-0.3, -0.25) is 4.57 Å². The molecule has 1 aromatic carbocycles. The number of nitrogens with zero attached hydrogens (tertiary/aromatic N) is 6. The number of aryl methyl sites for hydroxylation is 1. The van der Waals surface area contributed by atoms with Gasteiger partial charge in [-0.15, -0.1) is 10.2 Å². The van der Waals surface area contributed by atoms with Gasteiger partial charge in [-0.2, -0.15) is 4.98 Å². The first kappa shape index (κ1) is 20.5. The minimum Gasteiger partial charge on any atom is -0.507 e. The lowest BCUT2D eigenvalue weighted by Gasteiger charge is -2.49. The smallest absolute Gasteiger partial charge is 0.350 e. The molecule has 0 amide bonds. The van der Waals surface area contributed by atoms with Crippen LogP contribution in [-0.4, -0.2) is 61.7 Å². The summed E-state index contributed by atoms with van der Waals surface area (Å²) in [5.41, 5.74) is 1.06. The van der Waals surface area contributed by atoms with E-state index in [1.165, 1.54) is 17.0 Å². The van der Waals surface area contributed by atoms with Crippen molar-refractivity contribution in [1.82, 2.24) is 30.0 Å². The second-order valence-electron chi connectivity index (χ2n) is 8.48. The SMILES string of the molecule is CN(c1ccc(-c2ccc(-c3ncn(C)c(=O)n3)cc2O)nn1)[C@H]1[C@@H]2CC[C@@H](NC2)[C@H]1F. The largest absolute Gasteiger partial charge is 0.507 e. The highest BCUT2D eigenvalue weighted by molar-refractivity contribution is 5.72. The Kier molecular flexibility index (Phi) is 5.09. The van der Waals surface area contributed by atoms with Crippen molar-refractivity contribution in [3.8, 4) is 28.4 Å². The van der Waals surface area contributed by atoms with Gasteiger partial charge < -0.3 is 15.3 Å². The third kappa shape index (κ3) is 3.50. The molecule has 6 rings (SSSR count). The van der Waals surface area contributed by atoms with Crippen LogP contribution in [0.15, 0.2) is 41.5 Å². The molecule has 3 fully saturated rings. The molecule has 0 radical (unpaired) electrons. The lowest BCUT2D eigenvalue weighted by Crippen LogP contribution is -2.64. The molecular weight excluding hydrogens is 413 g/mol. The number of anilines is 1. The number of alkyl halides is 1. The fraction of sp³-hybridized carbons (Fsp3) is 0.409. The number of hydrogen-bond acceptors (Lipinski definition) is 8. The second kappa shape index (κ2) is 7.94. The van der Waals surface area contributed by atoms with Crippen LogP contribution in [0, 0.1) is 5.92 Å². The van der Waals surface area contributed by atoms with E-state index >= 15 is 0 Å². The van der Waals surface area contributed by atoms with Crippen molar-refractivity contribution >= 4 is 5.82 Å². The van der Waals surface area contributed by atoms with E-state index in [0.29, 0.717) is 22.6 Å². The molecule has 2 aromatic heterocycles. The number of benzene rings is 1. The molecule has 4 heterocycles. The van der Waals surface area contributed by atoms with Crippen LogP contribution in [0.2, 0.25) is 0 Å². The summed E-state index contributed by atoms with van der Waals surface area (Å²) in [4.78, 5) is 21.7. The lowest BCUT2D eigenvalue weighted by atomic mass is 9.75. The molecule has 2 aliphatic heterocycles. The quantitative estimate of drug-likeness (QED) is 0.633. The highest BCUT2D eigenvalue weighted by Gasteiger charge is 2.46. The summed E-state index contributed by atoms with van der Waals surface area (Å²) in [5, 5.41) is 22.4. The summed E-state index contributed by atoms with van der Waals surface area (Å²) in [6.45, 7) is 0.822. The number of fused-ring (bicyclic) bond motifs is 3. The van der Waals surface area contributed by atoms with Gasteiger partial charge in [-0.25, -0.2) is 14.2 Å². The average molecular weight is 437 g/mol. The van der Waals surface area contributed by atoms with E-state index in [1.54, 1.807) is 31.3 Å². The van der Waals surface area contributed by atoms with Crippen LogP contribution >= 0.6 is 0 Å². The minimum atomic E-state index is -0.942. The van der Waals surface area contributed by atoms with Crippen molar-refractivity contribution in [2.45, 2.75) is 31.1 Å². The fourth-order valence-corrected chi connectivity index (χ4v) is 4.72. The average Bonchev–Trinajstić information content (AvgIpc) is 2.81. The summed E-state index contributed by atoms with van der Waals surface area (Å²) >= 11 is 0. The normalized spacial score (nSPS) is 24.5. The number of aromatic nitrogens is 5. The van der Waals surface area contributed by atoms with Crippen LogP contribution in [0.25, 0.3) is 22.6 Å². The Morgan fingerprint density at radius 3 is 2.69 bits per heavy atom. The van der Waals surface area contributed by atoms with Crippen LogP contribution in [0.5, 0.6) is 5.75 Å². The van der Waals surface area contributed by atoms with Gasteiger partial charge in [-0.1, -0.05) is 6.07 Å². The Morgan fingerprint density at radius 2 is 2.06 bits per heavy atom. The highest BCUT2D eigenvalue weighted by Crippen LogP contribution is 2.36. The van der Waals surface area contributed by atoms with Gasteiger partial charge in [0.25, 0.3) is 0 Å². The fourth-order valence-electron chi connectivity index (χ4n) is 4.72. The van der Waals surface area contributed by atoms with Gasteiger partial charge in [0.05, 0.1) is 11.7 Å². The van der Waals surface area contributed by atoms with Gasteiger partial charge in [-0.05, 0) is 43.0 Å². The Hall–Kier alpha value is -3.40. The number of rotatable bonds is 4. The number of piperidine rings is 2. The number of aromatic hydroxyl groups is 1. The van der Waals surface area contributed by atoms with Crippen LogP contribution in [0.3, 0.4) is 0 Å². The van der Waals surface area contributed by atoms with E-state index in [2.05, 4.69) is 25.5 Å². The van der Waals surface area contributed by atoms with E-state index < -0.39 is 11.9 Å². The first-order valence-electron chi connectivity index (χ1n) is 10.6. The van der Waals surface area contributed by atoms with Crippen molar-refractivity contribution in [1.29, 1.82) is 0 Å². The number of halogens is 1. The van der Waals surface area contributed by atoms with E-state index in [0.717, 1.165) is 19.4 Å². The van der Waals surface area contributed by atoms with Crippen molar-refractivity contribution < 1.29 is 9.50 Å². The molecule has 10 heteroatoms. The van der Waals surface area contributed by atoms with Crippen LogP contribution in [-0.2, 0) is 7.05 Å². The third-order valence-electron chi connectivity index (χ3n) is 6.53. The van der Waals surface area contributed by atoms with Crippen molar-refractivity contribution in [3.05, 3.63) is 47.1 Å². The van der Waals surface area contributed by atoms with Crippen molar-refractivity contribution in [3.63, 3.8) is 0 Å². The van der Waals surface area contributed by atoms with Crippen LogP contribution in [0.1, 0.15) is 12.8 Å². The molecule has 166 valence electrons. The summed E-state index contributed by atoms with van der Waals surface area (Å²) < 4.78 is 16.2. The molecule has 1 aliphatic carbocycles. The topological polar surface area (TPSA) is 109 Å².